The average molecular weight is 334 g/mol. The highest BCUT2D eigenvalue weighted by molar-refractivity contribution is 7.92. The van der Waals surface area contributed by atoms with Gasteiger partial charge in [0, 0.05) is 19.2 Å². The van der Waals surface area contributed by atoms with E-state index in [2.05, 4.69) is 0 Å². The van der Waals surface area contributed by atoms with Crippen LogP contribution in [0.5, 0.6) is 0 Å². The van der Waals surface area contributed by atoms with Crippen LogP contribution >= 0.6 is 0 Å². The van der Waals surface area contributed by atoms with Crippen LogP contribution in [0.3, 0.4) is 0 Å². The van der Waals surface area contributed by atoms with Crippen LogP contribution in [-0.2, 0) is 10.0 Å². The molecule has 2 aromatic carbocycles. The highest BCUT2D eigenvalue weighted by atomic mass is 32.2. The first-order valence-corrected chi connectivity index (χ1v) is 8.40. The Morgan fingerprint density at radius 3 is 2.13 bits per heavy atom. The summed E-state index contributed by atoms with van der Waals surface area (Å²) in [4.78, 5) is 10.2. The molecule has 7 heteroatoms. The van der Waals surface area contributed by atoms with Gasteiger partial charge in [-0.2, -0.15) is 0 Å². The monoisotopic (exact) mass is 334 g/mol. The van der Waals surface area contributed by atoms with Gasteiger partial charge in [-0.3, -0.25) is 14.4 Å². The van der Waals surface area contributed by atoms with Gasteiger partial charge in [0.15, 0.2) is 0 Å². The summed E-state index contributed by atoms with van der Waals surface area (Å²) in [5.74, 6) is 0. The average Bonchev–Trinajstić information content (AvgIpc) is 2.49. The SMILES string of the molecule is Cc1ccc(N(C)S(=O)(=O)c2cc([N+](=O)[O-])ccc2C)cc1C. The van der Waals surface area contributed by atoms with E-state index in [1.807, 2.05) is 19.9 Å². The Bertz CT molecular complexity index is 876. The lowest BCUT2D eigenvalue weighted by atomic mass is 10.1. The van der Waals surface area contributed by atoms with E-state index < -0.39 is 14.9 Å². The normalized spacial score (nSPS) is 11.3. The van der Waals surface area contributed by atoms with Gasteiger partial charge < -0.3 is 0 Å². The number of nitrogens with zero attached hydrogens (tertiary/aromatic N) is 2. The molecule has 0 aliphatic rings. The molecule has 0 spiro atoms. The van der Waals surface area contributed by atoms with Gasteiger partial charge in [0.1, 0.15) is 0 Å². The Balaban J connectivity index is 2.55. The van der Waals surface area contributed by atoms with Crippen LogP contribution in [0.2, 0.25) is 0 Å². The van der Waals surface area contributed by atoms with Gasteiger partial charge in [0.05, 0.1) is 15.5 Å². The molecule has 0 bridgehead atoms. The number of rotatable bonds is 4. The van der Waals surface area contributed by atoms with Gasteiger partial charge in [-0.15, -0.1) is 0 Å². The third-order valence-corrected chi connectivity index (χ3v) is 5.80. The molecule has 0 aliphatic carbocycles. The van der Waals surface area contributed by atoms with Crippen molar-refractivity contribution in [1.82, 2.24) is 0 Å². The van der Waals surface area contributed by atoms with Gasteiger partial charge in [-0.05, 0) is 49.6 Å². The number of nitro groups is 1. The predicted octanol–water partition coefficient (Wildman–Crippen LogP) is 3.35. The van der Waals surface area contributed by atoms with Crippen LogP contribution in [-0.4, -0.2) is 20.4 Å². The first kappa shape index (κ1) is 17.0. The zero-order valence-corrected chi connectivity index (χ0v) is 14.2. The van der Waals surface area contributed by atoms with Crippen LogP contribution < -0.4 is 4.31 Å². The van der Waals surface area contributed by atoms with Gasteiger partial charge in [-0.1, -0.05) is 12.1 Å². The van der Waals surface area contributed by atoms with Crippen LogP contribution in [0.25, 0.3) is 0 Å². The van der Waals surface area contributed by atoms with Crippen molar-refractivity contribution in [1.29, 1.82) is 0 Å². The van der Waals surface area contributed by atoms with E-state index in [9.17, 15) is 18.5 Å². The van der Waals surface area contributed by atoms with E-state index in [4.69, 9.17) is 0 Å². The van der Waals surface area contributed by atoms with Gasteiger partial charge in [-0.25, -0.2) is 8.42 Å². The molecule has 6 nitrogen and oxygen atoms in total. The number of sulfonamides is 1. The van der Waals surface area contributed by atoms with Crippen LogP contribution in [0.4, 0.5) is 11.4 Å². The van der Waals surface area contributed by atoms with Crippen molar-refractivity contribution in [2.24, 2.45) is 0 Å². The number of hydrogen-bond acceptors (Lipinski definition) is 4. The summed E-state index contributed by atoms with van der Waals surface area (Å²) in [5, 5.41) is 10.9. The summed E-state index contributed by atoms with van der Waals surface area (Å²) in [6.45, 7) is 5.46. The molecule has 0 atom stereocenters. The first-order valence-electron chi connectivity index (χ1n) is 6.96. The molecule has 0 heterocycles. The quantitative estimate of drug-likeness (QED) is 0.634. The molecule has 122 valence electrons. The summed E-state index contributed by atoms with van der Waals surface area (Å²) < 4.78 is 26.8. The lowest BCUT2D eigenvalue weighted by Crippen LogP contribution is -2.27. The zero-order valence-electron chi connectivity index (χ0n) is 13.4. The Labute approximate surface area is 135 Å². The Morgan fingerprint density at radius 2 is 1.57 bits per heavy atom. The molecule has 0 saturated heterocycles. The number of anilines is 1. The minimum atomic E-state index is -3.88. The summed E-state index contributed by atoms with van der Waals surface area (Å²) in [7, 11) is -2.44. The summed E-state index contributed by atoms with van der Waals surface area (Å²) in [6.07, 6.45) is 0. The fourth-order valence-electron chi connectivity index (χ4n) is 2.19. The van der Waals surface area contributed by atoms with E-state index in [-0.39, 0.29) is 10.6 Å². The third kappa shape index (κ3) is 3.19. The maximum absolute atomic E-state index is 12.8. The molecule has 0 aliphatic heterocycles. The summed E-state index contributed by atoms with van der Waals surface area (Å²) >= 11 is 0. The molecule has 0 aromatic heterocycles. The molecule has 2 rings (SSSR count). The smallest absolute Gasteiger partial charge is 0.269 e. The first-order chi connectivity index (χ1) is 10.6. The van der Waals surface area contributed by atoms with Crippen LogP contribution in [0.15, 0.2) is 41.3 Å². The number of non-ortho nitro benzene ring substituents is 1. The largest absolute Gasteiger partial charge is 0.270 e. The number of nitro benzene ring substituents is 1. The molecular formula is C16H18N2O4S. The number of benzene rings is 2. The Kier molecular flexibility index (Phi) is 4.42. The second kappa shape index (κ2) is 6.00. The van der Waals surface area contributed by atoms with Crippen LogP contribution in [0, 0.1) is 30.9 Å². The maximum atomic E-state index is 12.8. The molecule has 0 N–H and O–H groups in total. The molecule has 2 aromatic rings. The number of hydrogen-bond donors (Lipinski definition) is 0. The van der Waals surface area contributed by atoms with E-state index in [0.29, 0.717) is 11.3 Å². The molecule has 0 saturated carbocycles. The van der Waals surface area contributed by atoms with E-state index >= 15 is 0 Å². The predicted molar refractivity (Wildman–Crippen MR) is 89.3 cm³/mol. The lowest BCUT2D eigenvalue weighted by Gasteiger charge is -2.21. The van der Waals surface area contributed by atoms with Gasteiger partial charge >= 0.3 is 0 Å². The fraction of sp³-hybridized carbons (Fsp3) is 0.250. The van der Waals surface area contributed by atoms with Crippen molar-refractivity contribution in [2.45, 2.75) is 25.7 Å². The van der Waals surface area contributed by atoms with Crippen molar-refractivity contribution in [3.05, 3.63) is 63.2 Å². The second-order valence-corrected chi connectivity index (χ2v) is 7.39. The molecule has 0 fully saturated rings. The molecule has 0 unspecified atom stereocenters. The second-order valence-electron chi connectivity index (χ2n) is 5.45. The summed E-state index contributed by atoms with van der Waals surface area (Å²) in [6, 6.07) is 9.18. The van der Waals surface area contributed by atoms with Crippen molar-refractivity contribution in [3.8, 4) is 0 Å². The maximum Gasteiger partial charge on any atom is 0.270 e. The number of aryl methyl sites for hydroxylation is 3. The van der Waals surface area contributed by atoms with Crippen molar-refractivity contribution in [3.63, 3.8) is 0 Å². The standard InChI is InChI=1S/C16H18N2O4S/c1-11-5-7-14(9-13(11)3)17(4)23(21,22)16-10-15(18(19)20)8-6-12(16)2/h5-10H,1-4H3. The highest BCUT2D eigenvalue weighted by Gasteiger charge is 2.25. The Morgan fingerprint density at radius 1 is 0.957 bits per heavy atom. The van der Waals surface area contributed by atoms with E-state index in [1.54, 1.807) is 19.1 Å². The minimum Gasteiger partial charge on any atom is -0.269 e. The van der Waals surface area contributed by atoms with Crippen molar-refractivity contribution >= 4 is 21.4 Å². The van der Waals surface area contributed by atoms with Crippen molar-refractivity contribution in [2.75, 3.05) is 11.4 Å². The highest BCUT2D eigenvalue weighted by Crippen LogP contribution is 2.28. The molecule has 0 radical (unpaired) electrons. The molecule has 0 amide bonds. The molecule has 23 heavy (non-hydrogen) atoms. The van der Waals surface area contributed by atoms with E-state index in [1.165, 1.54) is 19.2 Å². The molecular weight excluding hydrogens is 316 g/mol. The Hall–Kier alpha value is -2.41. The fourth-order valence-corrected chi connectivity index (χ4v) is 3.62. The van der Waals surface area contributed by atoms with Crippen molar-refractivity contribution < 1.29 is 13.3 Å². The topological polar surface area (TPSA) is 80.5 Å². The van der Waals surface area contributed by atoms with Gasteiger partial charge in [0.25, 0.3) is 15.7 Å². The van der Waals surface area contributed by atoms with E-state index in [0.717, 1.165) is 21.5 Å². The third-order valence-electron chi connectivity index (χ3n) is 3.88. The summed E-state index contributed by atoms with van der Waals surface area (Å²) in [5.41, 5.74) is 2.76. The lowest BCUT2D eigenvalue weighted by molar-refractivity contribution is -0.385. The minimum absolute atomic E-state index is 0.0626. The van der Waals surface area contributed by atoms with Gasteiger partial charge in [0.2, 0.25) is 0 Å². The van der Waals surface area contributed by atoms with Crippen LogP contribution in [0.1, 0.15) is 16.7 Å². The zero-order chi connectivity index (χ0) is 17.4.